The summed E-state index contributed by atoms with van der Waals surface area (Å²) in [5.41, 5.74) is 3.99. The molecule has 0 heterocycles. The SMILES string of the molecule is CC(C)Cc1cc(C2CCCC2)c(O)c(C2CCCC2)c1. The van der Waals surface area contributed by atoms with Crippen LogP contribution in [0.5, 0.6) is 5.75 Å². The van der Waals surface area contributed by atoms with Crippen LogP contribution in [0.4, 0.5) is 0 Å². The molecule has 1 N–H and O–H groups in total. The van der Waals surface area contributed by atoms with Crippen LogP contribution in [0, 0.1) is 5.92 Å². The fourth-order valence-corrected chi connectivity index (χ4v) is 4.43. The third kappa shape index (κ3) is 3.27. The number of rotatable bonds is 4. The van der Waals surface area contributed by atoms with Crippen LogP contribution >= 0.6 is 0 Å². The van der Waals surface area contributed by atoms with Crippen LogP contribution in [0.2, 0.25) is 0 Å². The molecule has 0 spiro atoms. The van der Waals surface area contributed by atoms with E-state index in [1.165, 1.54) is 68.1 Å². The van der Waals surface area contributed by atoms with Crippen molar-refractivity contribution in [1.29, 1.82) is 0 Å². The quantitative estimate of drug-likeness (QED) is 0.730. The topological polar surface area (TPSA) is 20.2 Å². The predicted molar refractivity (Wildman–Crippen MR) is 89.1 cm³/mol. The molecule has 2 aliphatic rings. The van der Waals surface area contributed by atoms with Gasteiger partial charge in [0.1, 0.15) is 5.75 Å². The molecule has 0 radical (unpaired) electrons. The molecule has 21 heavy (non-hydrogen) atoms. The van der Waals surface area contributed by atoms with Crippen molar-refractivity contribution in [2.24, 2.45) is 5.92 Å². The molecule has 3 rings (SSSR count). The van der Waals surface area contributed by atoms with Crippen LogP contribution in [-0.2, 0) is 6.42 Å². The van der Waals surface area contributed by atoms with Crippen LogP contribution in [-0.4, -0.2) is 5.11 Å². The zero-order chi connectivity index (χ0) is 14.8. The maximum absolute atomic E-state index is 10.9. The molecule has 2 fully saturated rings. The second kappa shape index (κ2) is 6.42. The minimum absolute atomic E-state index is 0.609. The molecule has 1 heteroatoms. The lowest BCUT2D eigenvalue weighted by molar-refractivity contribution is 0.446. The first-order valence-corrected chi connectivity index (χ1v) is 9.01. The molecule has 0 saturated heterocycles. The Balaban J connectivity index is 1.98. The molecule has 0 unspecified atom stereocenters. The van der Waals surface area contributed by atoms with Gasteiger partial charge in [-0.3, -0.25) is 0 Å². The largest absolute Gasteiger partial charge is 0.507 e. The molecule has 0 atom stereocenters. The lowest BCUT2D eigenvalue weighted by atomic mass is 9.86. The van der Waals surface area contributed by atoms with Crippen LogP contribution < -0.4 is 0 Å². The van der Waals surface area contributed by atoms with Gasteiger partial charge >= 0.3 is 0 Å². The monoisotopic (exact) mass is 286 g/mol. The maximum atomic E-state index is 10.9. The molecular weight excluding hydrogens is 256 g/mol. The van der Waals surface area contributed by atoms with Crippen molar-refractivity contribution in [3.05, 3.63) is 28.8 Å². The zero-order valence-corrected chi connectivity index (χ0v) is 13.7. The van der Waals surface area contributed by atoms with E-state index in [1.54, 1.807) is 0 Å². The molecule has 2 saturated carbocycles. The molecule has 2 aliphatic carbocycles. The van der Waals surface area contributed by atoms with Gasteiger partial charge in [-0.15, -0.1) is 0 Å². The summed E-state index contributed by atoms with van der Waals surface area (Å²) in [6.07, 6.45) is 11.5. The van der Waals surface area contributed by atoms with Gasteiger partial charge in [0.25, 0.3) is 0 Å². The van der Waals surface area contributed by atoms with E-state index in [-0.39, 0.29) is 0 Å². The van der Waals surface area contributed by atoms with Gasteiger partial charge in [0.05, 0.1) is 0 Å². The highest BCUT2D eigenvalue weighted by Gasteiger charge is 2.26. The van der Waals surface area contributed by atoms with Crippen LogP contribution in [0.15, 0.2) is 12.1 Å². The fourth-order valence-electron chi connectivity index (χ4n) is 4.43. The minimum atomic E-state index is 0.609. The Bertz CT molecular complexity index is 440. The molecule has 1 aromatic rings. The smallest absolute Gasteiger partial charge is 0.122 e. The number of phenols is 1. The summed E-state index contributed by atoms with van der Waals surface area (Å²) >= 11 is 0. The number of aromatic hydroxyl groups is 1. The second-order valence-corrected chi connectivity index (χ2v) is 7.68. The molecule has 1 nitrogen and oxygen atoms in total. The van der Waals surface area contributed by atoms with Gasteiger partial charge in [0.2, 0.25) is 0 Å². The first kappa shape index (κ1) is 14.9. The van der Waals surface area contributed by atoms with E-state index in [2.05, 4.69) is 26.0 Å². The van der Waals surface area contributed by atoms with Crippen LogP contribution in [0.1, 0.15) is 93.7 Å². The standard InChI is InChI=1S/C20H30O/c1-14(2)11-15-12-18(16-7-3-4-8-16)20(21)19(13-15)17-9-5-6-10-17/h12-14,16-17,21H,3-11H2,1-2H3. The fraction of sp³-hybridized carbons (Fsp3) is 0.700. The Labute approximate surface area is 129 Å². The van der Waals surface area contributed by atoms with E-state index < -0.39 is 0 Å². The van der Waals surface area contributed by atoms with E-state index in [0.717, 1.165) is 6.42 Å². The second-order valence-electron chi connectivity index (χ2n) is 7.68. The van der Waals surface area contributed by atoms with Crippen molar-refractivity contribution in [2.45, 2.75) is 83.5 Å². The van der Waals surface area contributed by atoms with Gasteiger partial charge in [-0.25, -0.2) is 0 Å². The van der Waals surface area contributed by atoms with Crippen LogP contribution in [0.25, 0.3) is 0 Å². The average molecular weight is 286 g/mol. The molecular formula is C20H30O. The summed E-state index contributed by atoms with van der Waals surface area (Å²) in [6.45, 7) is 4.58. The molecule has 116 valence electrons. The lowest BCUT2D eigenvalue weighted by Crippen LogP contribution is -2.04. The molecule has 0 bridgehead atoms. The summed E-state index contributed by atoms with van der Waals surface area (Å²) in [6, 6.07) is 4.65. The summed E-state index contributed by atoms with van der Waals surface area (Å²) in [7, 11) is 0. The highest BCUT2D eigenvalue weighted by atomic mass is 16.3. The number of hydrogen-bond donors (Lipinski definition) is 1. The maximum Gasteiger partial charge on any atom is 0.122 e. The van der Waals surface area contributed by atoms with Crippen molar-refractivity contribution < 1.29 is 5.11 Å². The summed E-state index contributed by atoms with van der Waals surface area (Å²) in [5, 5.41) is 10.9. The highest BCUT2D eigenvalue weighted by Crippen LogP contribution is 2.45. The number of phenolic OH excluding ortho intramolecular Hbond substituents is 1. The molecule has 1 aromatic carbocycles. The van der Waals surface area contributed by atoms with Gasteiger partial charge < -0.3 is 5.11 Å². The summed E-state index contributed by atoms with van der Waals surface area (Å²) in [4.78, 5) is 0. The van der Waals surface area contributed by atoms with Crippen LogP contribution in [0.3, 0.4) is 0 Å². The van der Waals surface area contributed by atoms with Gasteiger partial charge in [0.15, 0.2) is 0 Å². The Morgan fingerprint density at radius 3 is 1.71 bits per heavy atom. The third-order valence-corrected chi connectivity index (χ3v) is 5.46. The van der Waals surface area contributed by atoms with Crippen molar-refractivity contribution in [3.63, 3.8) is 0 Å². The Hall–Kier alpha value is -0.980. The Kier molecular flexibility index (Phi) is 4.57. The first-order valence-electron chi connectivity index (χ1n) is 9.01. The predicted octanol–water partition coefficient (Wildman–Crippen LogP) is 5.91. The van der Waals surface area contributed by atoms with E-state index >= 15 is 0 Å². The molecule has 0 aliphatic heterocycles. The van der Waals surface area contributed by atoms with Gasteiger partial charge in [-0.1, -0.05) is 51.7 Å². The van der Waals surface area contributed by atoms with Crippen molar-refractivity contribution in [2.75, 3.05) is 0 Å². The van der Waals surface area contributed by atoms with E-state index in [1.807, 2.05) is 0 Å². The van der Waals surface area contributed by atoms with E-state index in [9.17, 15) is 5.11 Å². The average Bonchev–Trinajstić information content (AvgIpc) is 3.12. The lowest BCUT2D eigenvalue weighted by Gasteiger charge is -2.21. The summed E-state index contributed by atoms with van der Waals surface area (Å²) < 4.78 is 0. The summed E-state index contributed by atoms with van der Waals surface area (Å²) in [5.74, 6) is 2.55. The first-order chi connectivity index (χ1) is 10.1. The van der Waals surface area contributed by atoms with Gasteiger partial charge in [-0.05, 0) is 66.5 Å². The molecule has 0 aromatic heterocycles. The minimum Gasteiger partial charge on any atom is -0.507 e. The van der Waals surface area contributed by atoms with Gasteiger partial charge in [-0.2, -0.15) is 0 Å². The third-order valence-electron chi connectivity index (χ3n) is 5.46. The van der Waals surface area contributed by atoms with Crippen molar-refractivity contribution >= 4 is 0 Å². The molecule has 0 amide bonds. The van der Waals surface area contributed by atoms with E-state index in [4.69, 9.17) is 0 Å². The Morgan fingerprint density at radius 2 is 1.33 bits per heavy atom. The Morgan fingerprint density at radius 1 is 0.905 bits per heavy atom. The van der Waals surface area contributed by atoms with Crippen molar-refractivity contribution in [3.8, 4) is 5.75 Å². The normalized spacial score (nSPS) is 20.7. The van der Waals surface area contributed by atoms with Gasteiger partial charge in [0, 0.05) is 0 Å². The zero-order valence-electron chi connectivity index (χ0n) is 13.7. The van der Waals surface area contributed by atoms with Crippen molar-refractivity contribution in [1.82, 2.24) is 0 Å². The number of hydrogen-bond acceptors (Lipinski definition) is 1. The highest BCUT2D eigenvalue weighted by molar-refractivity contribution is 5.48. The van der Waals surface area contributed by atoms with E-state index in [0.29, 0.717) is 23.5 Å². The number of benzene rings is 1.